The van der Waals surface area contributed by atoms with Gasteiger partial charge >= 0.3 is 0 Å². The first-order valence-electron chi connectivity index (χ1n) is 11.1. The maximum atomic E-state index is 13.1. The molecule has 1 aliphatic heterocycles. The first-order valence-corrected chi connectivity index (χ1v) is 11.1. The molecule has 0 aliphatic carbocycles. The highest BCUT2D eigenvalue weighted by atomic mass is 16.5. The number of benzene rings is 1. The van der Waals surface area contributed by atoms with E-state index in [1.807, 2.05) is 43.0 Å². The summed E-state index contributed by atoms with van der Waals surface area (Å²) in [5, 5.41) is 0.875. The van der Waals surface area contributed by atoms with Gasteiger partial charge in [-0.1, -0.05) is 13.8 Å². The molecule has 1 aliphatic rings. The van der Waals surface area contributed by atoms with Crippen LogP contribution in [0.1, 0.15) is 38.0 Å². The number of hydrogen-bond donors (Lipinski definition) is 0. The van der Waals surface area contributed by atoms with Gasteiger partial charge in [-0.25, -0.2) is 4.98 Å². The molecule has 0 saturated carbocycles. The van der Waals surface area contributed by atoms with E-state index in [2.05, 4.69) is 11.0 Å². The first kappa shape index (κ1) is 22.0. The van der Waals surface area contributed by atoms with Gasteiger partial charge in [-0.3, -0.25) is 4.79 Å². The Balaban J connectivity index is 1.82. The summed E-state index contributed by atoms with van der Waals surface area (Å²) in [6.07, 6.45) is 3.91. The molecule has 4 rings (SSSR count). The normalized spacial score (nSPS) is 13.7. The highest BCUT2D eigenvalue weighted by Gasteiger charge is 2.25. The third-order valence-electron chi connectivity index (χ3n) is 5.90. The molecule has 7 heteroatoms. The van der Waals surface area contributed by atoms with Crippen molar-refractivity contribution in [1.29, 1.82) is 0 Å². The predicted molar refractivity (Wildman–Crippen MR) is 124 cm³/mol. The summed E-state index contributed by atoms with van der Waals surface area (Å²) in [5.74, 6) is 3.06. The minimum absolute atomic E-state index is 0.0754. The molecule has 32 heavy (non-hydrogen) atoms. The van der Waals surface area contributed by atoms with Crippen LogP contribution in [0.3, 0.4) is 0 Å². The van der Waals surface area contributed by atoms with Gasteiger partial charge < -0.3 is 23.7 Å². The predicted octanol–water partition coefficient (Wildman–Crippen LogP) is 4.63. The third-order valence-corrected chi connectivity index (χ3v) is 5.90. The van der Waals surface area contributed by atoms with Crippen LogP contribution >= 0.6 is 0 Å². The van der Waals surface area contributed by atoms with Gasteiger partial charge in [0, 0.05) is 36.5 Å². The van der Waals surface area contributed by atoms with Gasteiger partial charge in [-0.2, -0.15) is 0 Å². The molecule has 0 N–H and O–H groups in total. The van der Waals surface area contributed by atoms with Crippen LogP contribution in [0, 0.1) is 5.92 Å². The summed E-state index contributed by atoms with van der Waals surface area (Å²) in [7, 11) is 3.31. The average Bonchev–Trinajstić information content (AvgIpc) is 3.51. The van der Waals surface area contributed by atoms with Crippen molar-refractivity contribution in [2.45, 2.75) is 39.8 Å². The van der Waals surface area contributed by atoms with Crippen LogP contribution in [-0.4, -0.2) is 43.1 Å². The Labute approximate surface area is 188 Å². The van der Waals surface area contributed by atoms with Crippen molar-refractivity contribution in [3.8, 4) is 11.5 Å². The Hall–Kier alpha value is -3.22. The monoisotopic (exact) mass is 437 g/mol. The van der Waals surface area contributed by atoms with E-state index in [1.54, 1.807) is 20.5 Å². The molecule has 1 saturated heterocycles. The second-order valence-electron chi connectivity index (χ2n) is 8.46. The van der Waals surface area contributed by atoms with E-state index in [0.29, 0.717) is 18.8 Å². The van der Waals surface area contributed by atoms with Crippen molar-refractivity contribution >= 4 is 22.6 Å². The van der Waals surface area contributed by atoms with Crippen molar-refractivity contribution in [1.82, 2.24) is 9.88 Å². The van der Waals surface area contributed by atoms with Gasteiger partial charge in [0.25, 0.3) is 0 Å². The second-order valence-corrected chi connectivity index (χ2v) is 8.46. The van der Waals surface area contributed by atoms with Crippen LogP contribution in [0.2, 0.25) is 0 Å². The zero-order chi connectivity index (χ0) is 22.7. The lowest BCUT2D eigenvalue weighted by Crippen LogP contribution is -2.34. The summed E-state index contributed by atoms with van der Waals surface area (Å²) in [4.78, 5) is 22.3. The standard InChI is InChI=1S/C25H31N3O4/c1-17(2)25(29)28(16-19-8-7-13-32-19)15-18-14-20-21(30-3)9-10-22(31-4)23(20)26-24(18)27-11-5-6-12-27/h7-10,13-14,17H,5-6,11-12,15-16H2,1-4H3. The maximum Gasteiger partial charge on any atom is 0.225 e. The molecule has 0 spiro atoms. The summed E-state index contributed by atoms with van der Waals surface area (Å²) < 4.78 is 16.8. The number of amides is 1. The lowest BCUT2D eigenvalue weighted by atomic mass is 10.1. The molecule has 1 aromatic carbocycles. The first-order chi connectivity index (χ1) is 15.5. The molecule has 0 radical (unpaired) electrons. The molecule has 3 aromatic rings. The zero-order valence-corrected chi connectivity index (χ0v) is 19.3. The number of hydrogen-bond acceptors (Lipinski definition) is 6. The number of furan rings is 1. The number of fused-ring (bicyclic) bond motifs is 1. The molecule has 0 atom stereocenters. The minimum Gasteiger partial charge on any atom is -0.496 e. The van der Waals surface area contributed by atoms with Gasteiger partial charge in [0.15, 0.2) is 0 Å². The summed E-state index contributed by atoms with van der Waals surface area (Å²) >= 11 is 0. The number of anilines is 1. The van der Waals surface area contributed by atoms with E-state index in [0.717, 1.165) is 59.7 Å². The van der Waals surface area contributed by atoms with Crippen LogP contribution in [0.15, 0.2) is 41.0 Å². The molecule has 3 heterocycles. The van der Waals surface area contributed by atoms with Gasteiger partial charge in [-0.15, -0.1) is 0 Å². The Morgan fingerprint density at radius 2 is 1.84 bits per heavy atom. The van der Waals surface area contributed by atoms with Gasteiger partial charge in [0.1, 0.15) is 28.6 Å². The van der Waals surface area contributed by atoms with Crippen molar-refractivity contribution in [2.24, 2.45) is 5.92 Å². The molecule has 0 bridgehead atoms. The zero-order valence-electron chi connectivity index (χ0n) is 19.3. The smallest absolute Gasteiger partial charge is 0.225 e. The van der Waals surface area contributed by atoms with E-state index in [-0.39, 0.29) is 11.8 Å². The summed E-state index contributed by atoms with van der Waals surface area (Å²) in [6, 6.07) is 9.61. The van der Waals surface area contributed by atoms with Crippen LogP contribution in [0.4, 0.5) is 5.82 Å². The maximum absolute atomic E-state index is 13.1. The topological polar surface area (TPSA) is 68.0 Å². The van der Waals surface area contributed by atoms with Crippen LogP contribution in [0.5, 0.6) is 11.5 Å². The van der Waals surface area contributed by atoms with Crippen LogP contribution < -0.4 is 14.4 Å². The van der Waals surface area contributed by atoms with E-state index >= 15 is 0 Å². The number of ether oxygens (including phenoxy) is 2. The van der Waals surface area contributed by atoms with E-state index in [9.17, 15) is 4.79 Å². The van der Waals surface area contributed by atoms with Crippen LogP contribution in [-0.2, 0) is 17.9 Å². The largest absolute Gasteiger partial charge is 0.496 e. The van der Waals surface area contributed by atoms with E-state index in [1.165, 1.54) is 0 Å². The van der Waals surface area contributed by atoms with Crippen molar-refractivity contribution < 1.29 is 18.7 Å². The molecular weight excluding hydrogens is 406 g/mol. The molecule has 170 valence electrons. The Bertz CT molecular complexity index is 1070. The van der Waals surface area contributed by atoms with Crippen molar-refractivity contribution in [3.63, 3.8) is 0 Å². The fraction of sp³-hybridized carbons (Fsp3) is 0.440. The summed E-state index contributed by atoms with van der Waals surface area (Å²) in [6.45, 7) is 6.60. The van der Waals surface area contributed by atoms with E-state index < -0.39 is 0 Å². The van der Waals surface area contributed by atoms with Gasteiger partial charge in [0.05, 0.1) is 27.0 Å². The number of carbonyl (C=O) groups is 1. The number of aromatic nitrogens is 1. The molecule has 7 nitrogen and oxygen atoms in total. The highest BCUT2D eigenvalue weighted by molar-refractivity contribution is 5.92. The van der Waals surface area contributed by atoms with E-state index in [4.69, 9.17) is 18.9 Å². The fourth-order valence-electron chi connectivity index (χ4n) is 4.28. The fourth-order valence-corrected chi connectivity index (χ4v) is 4.28. The van der Waals surface area contributed by atoms with Crippen LogP contribution in [0.25, 0.3) is 10.9 Å². The number of pyridine rings is 1. The third kappa shape index (κ3) is 4.38. The Morgan fingerprint density at radius 3 is 2.47 bits per heavy atom. The molecule has 0 unspecified atom stereocenters. The number of nitrogens with zero attached hydrogens (tertiary/aromatic N) is 3. The van der Waals surface area contributed by atoms with Gasteiger partial charge in [-0.05, 0) is 43.2 Å². The number of carbonyl (C=O) groups excluding carboxylic acids is 1. The van der Waals surface area contributed by atoms with Gasteiger partial charge in [0.2, 0.25) is 5.91 Å². The molecule has 2 aromatic heterocycles. The highest BCUT2D eigenvalue weighted by Crippen LogP contribution is 2.36. The molecule has 1 amide bonds. The number of methoxy groups -OCH3 is 2. The second kappa shape index (κ2) is 9.51. The Kier molecular flexibility index (Phi) is 6.53. The number of rotatable bonds is 8. The van der Waals surface area contributed by atoms with Crippen molar-refractivity contribution in [3.05, 3.63) is 47.9 Å². The minimum atomic E-state index is -0.122. The lowest BCUT2D eigenvalue weighted by molar-refractivity contribution is -0.136. The Morgan fingerprint density at radius 1 is 1.12 bits per heavy atom. The molecular formula is C25H31N3O4. The average molecular weight is 438 g/mol. The SMILES string of the molecule is COc1ccc(OC)c2nc(N3CCCC3)c(CN(Cc3ccco3)C(=O)C(C)C)cc12. The quantitative estimate of drug-likeness (QED) is 0.512. The lowest BCUT2D eigenvalue weighted by Gasteiger charge is -2.27. The van der Waals surface area contributed by atoms with Crippen molar-refractivity contribution in [2.75, 3.05) is 32.2 Å². The molecule has 1 fully saturated rings. The summed E-state index contributed by atoms with van der Waals surface area (Å²) in [5.41, 5.74) is 1.76.